The van der Waals surface area contributed by atoms with Crippen molar-refractivity contribution in [1.82, 2.24) is 0 Å². The van der Waals surface area contributed by atoms with Crippen LogP contribution < -0.4 is 0 Å². The minimum atomic E-state index is -2.23. The van der Waals surface area contributed by atoms with Crippen molar-refractivity contribution in [2.24, 2.45) is 17.8 Å². The van der Waals surface area contributed by atoms with Crippen molar-refractivity contribution in [1.29, 1.82) is 0 Å². The van der Waals surface area contributed by atoms with E-state index in [1.165, 1.54) is 5.56 Å². The molecule has 4 heteroatoms. The fourth-order valence-electron chi connectivity index (χ4n) is 7.22. The number of aliphatic hydroxyl groups excluding tert-OH is 2. The Morgan fingerprint density at radius 3 is 2.00 bits per heavy atom. The number of hydrogen-bond donors (Lipinski definition) is 2. The molecule has 2 fully saturated rings. The van der Waals surface area contributed by atoms with Gasteiger partial charge in [0.2, 0.25) is 8.32 Å². The molecule has 1 aromatic rings. The van der Waals surface area contributed by atoms with Crippen LogP contribution in [-0.2, 0) is 4.43 Å². The van der Waals surface area contributed by atoms with E-state index >= 15 is 0 Å². The third kappa shape index (κ3) is 3.21. The van der Waals surface area contributed by atoms with E-state index in [0.29, 0.717) is 11.5 Å². The summed E-state index contributed by atoms with van der Waals surface area (Å²) < 4.78 is 7.33. The predicted octanol–water partition coefficient (Wildman–Crippen LogP) is 5.34. The van der Waals surface area contributed by atoms with Crippen LogP contribution in [-0.4, -0.2) is 37.8 Å². The van der Waals surface area contributed by atoms with Crippen LogP contribution in [0.15, 0.2) is 30.3 Å². The van der Waals surface area contributed by atoms with Crippen molar-refractivity contribution in [2.45, 2.75) is 82.5 Å². The third-order valence-corrected chi connectivity index (χ3v) is 14.6. The summed E-state index contributed by atoms with van der Waals surface area (Å²) in [7, 11) is -2.23. The molecule has 0 aromatic heterocycles. The molecule has 3 rings (SSSR count). The van der Waals surface area contributed by atoms with Gasteiger partial charge in [-0.15, -0.1) is 0 Å². The van der Waals surface area contributed by atoms with Gasteiger partial charge in [0, 0.05) is 19.1 Å². The molecule has 0 unspecified atom stereocenters. The largest absolute Gasteiger partial charge is 0.412 e. The average molecular weight is 405 g/mol. The van der Waals surface area contributed by atoms with Gasteiger partial charge in [-0.1, -0.05) is 78.8 Å². The first-order chi connectivity index (χ1) is 13.0. The van der Waals surface area contributed by atoms with Crippen molar-refractivity contribution in [2.75, 3.05) is 13.2 Å². The number of rotatable bonds is 3. The van der Waals surface area contributed by atoms with Crippen LogP contribution in [0.1, 0.15) is 66.4 Å². The molecule has 28 heavy (non-hydrogen) atoms. The maximum absolute atomic E-state index is 10.3. The van der Waals surface area contributed by atoms with Crippen LogP contribution in [0.25, 0.3) is 0 Å². The van der Waals surface area contributed by atoms with Gasteiger partial charge < -0.3 is 14.6 Å². The third-order valence-electron chi connectivity index (χ3n) is 7.87. The van der Waals surface area contributed by atoms with Crippen LogP contribution in [0.4, 0.5) is 0 Å². The summed E-state index contributed by atoms with van der Waals surface area (Å²) in [5, 5.41) is 20.7. The fraction of sp³-hybridized carbons (Fsp3) is 0.750. The lowest BCUT2D eigenvalue weighted by molar-refractivity contribution is -0.0198. The first kappa shape index (κ1) is 22.0. The molecule has 2 N–H and O–H groups in total. The summed E-state index contributed by atoms with van der Waals surface area (Å²) in [5.41, 5.74) is 1.74. The highest BCUT2D eigenvalue weighted by Gasteiger charge is 2.69. The minimum Gasteiger partial charge on any atom is -0.412 e. The van der Waals surface area contributed by atoms with Gasteiger partial charge in [-0.25, -0.2) is 0 Å². The van der Waals surface area contributed by atoms with Gasteiger partial charge in [-0.05, 0) is 45.4 Å². The van der Waals surface area contributed by atoms with Crippen LogP contribution in [0, 0.1) is 17.8 Å². The molecule has 1 aliphatic carbocycles. The van der Waals surface area contributed by atoms with Crippen molar-refractivity contribution in [3.63, 3.8) is 0 Å². The number of aliphatic hydroxyl groups is 2. The number of hydrogen-bond acceptors (Lipinski definition) is 3. The zero-order valence-corrected chi connectivity index (χ0v) is 19.8. The van der Waals surface area contributed by atoms with E-state index in [4.69, 9.17) is 4.43 Å². The summed E-state index contributed by atoms with van der Waals surface area (Å²) in [6.45, 7) is 16.8. The van der Waals surface area contributed by atoms with Gasteiger partial charge in [-0.3, -0.25) is 0 Å². The minimum absolute atomic E-state index is 0.0952. The highest BCUT2D eigenvalue weighted by molar-refractivity contribution is 6.81. The van der Waals surface area contributed by atoms with E-state index in [0.717, 1.165) is 6.42 Å². The normalized spacial score (nSPS) is 35.6. The van der Waals surface area contributed by atoms with E-state index in [1.807, 2.05) is 0 Å². The summed E-state index contributed by atoms with van der Waals surface area (Å²) >= 11 is 0. The molecule has 0 bridgehead atoms. The molecular formula is C24H40O3Si. The second kappa shape index (κ2) is 7.53. The van der Waals surface area contributed by atoms with E-state index in [-0.39, 0.29) is 47.1 Å². The predicted molar refractivity (Wildman–Crippen MR) is 118 cm³/mol. The highest BCUT2D eigenvalue weighted by atomic mass is 28.4. The Morgan fingerprint density at radius 1 is 0.964 bits per heavy atom. The average Bonchev–Trinajstić information content (AvgIpc) is 2.95. The smallest absolute Gasteiger partial charge is 0.206 e. The molecule has 1 saturated carbocycles. The molecule has 0 amide bonds. The van der Waals surface area contributed by atoms with Gasteiger partial charge >= 0.3 is 0 Å². The maximum atomic E-state index is 10.3. The van der Waals surface area contributed by atoms with Crippen molar-refractivity contribution < 1.29 is 14.6 Å². The quantitative estimate of drug-likeness (QED) is 0.668. The lowest BCUT2D eigenvalue weighted by atomic mass is 9.64. The first-order valence-corrected chi connectivity index (χ1v) is 12.9. The Morgan fingerprint density at radius 2 is 1.54 bits per heavy atom. The molecule has 0 radical (unpaired) electrons. The summed E-state index contributed by atoms with van der Waals surface area (Å²) in [6.07, 6.45) is 1.01. The second-order valence-electron chi connectivity index (χ2n) is 11.2. The van der Waals surface area contributed by atoms with Crippen LogP contribution in [0.3, 0.4) is 0 Å². The Bertz CT molecular complexity index is 647. The van der Waals surface area contributed by atoms with Gasteiger partial charge in [0.25, 0.3) is 0 Å². The monoisotopic (exact) mass is 404 g/mol. The van der Waals surface area contributed by atoms with Crippen molar-refractivity contribution in [3.8, 4) is 0 Å². The molecule has 1 saturated heterocycles. The molecule has 3 nitrogen and oxygen atoms in total. The molecule has 0 spiro atoms. The zero-order valence-electron chi connectivity index (χ0n) is 18.8. The first-order valence-electron chi connectivity index (χ1n) is 10.9. The van der Waals surface area contributed by atoms with E-state index < -0.39 is 8.32 Å². The molecule has 1 aliphatic heterocycles. The molecule has 1 aromatic carbocycles. The second-order valence-corrected chi connectivity index (χ2v) is 16.8. The van der Waals surface area contributed by atoms with Crippen molar-refractivity contribution >= 4 is 8.32 Å². The highest BCUT2D eigenvalue weighted by Crippen LogP contribution is 2.68. The van der Waals surface area contributed by atoms with Crippen molar-refractivity contribution in [3.05, 3.63) is 35.9 Å². The topological polar surface area (TPSA) is 49.7 Å². The van der Waals surface area contributed by atoms with E-state index in [2.05, 4.69) is 78.8 Å². The van der Waals surface area contributed by atoms with Gasteiger partial charge in [0.15, 0.2) is 0 Å². The van der Waals surface area contributed by atoms with Crippen LogP contribution in [0.2, 0.25) is 15.6 Å². The Hall–Kier alpha value is -0.683. The van der Waals surface area contributed by atoms with Crippen LogP contribution in [0.5, 0.6) is 0 Å². The summed E-state index contributed by atoms with van der Waals surface area (Å²) in [4.78, 5) is 0. The van der Waals surface area contributed by atoms with E-state index in [1.54, 1.807) is 0 Å². The number of fused-ring (bicyclic) bond motifs is 1. The SMILES string of the molecule is C[C@H]1[C@@H]2[C@@H](CO)[C@H](CO)C[C@H](c3ccccc3)[C@@H]2O[Si]1(C(C)(C)C)C(C)(C)C. The van der Waals surface area contributed by atoms with Gasteiger partial charge in [0.1, 0.15) is 0 Å². The Balaban J connectivity index is 2.15. The van der Waals surface area contributed by atoms with Gasteiger partial charge in [-0.2, -0.15) is 0 Å². The molecular weight excluding hydrogens is 364 g/mol. The Kier molecular flexibility index (Phi) is 5.92. The lowest BCUT2D eigenvalue weighted by Gasteiger charge is -2.51. The molecule has 2 aliphatic rings. The maximum Gasteiger partial charge on any atom is 0.206 e. The summed E-state index contributed by atoms with van der Waals surface area (Å²) in [5.74, 6) is 0.829. The Labute approximate surface area is 172 Å². The lowest BCUT2D eigenvalue weighted by Crippen LogP contribution is -2.55. The van der Waals surface area contributed by atoms with E-state index in [9.17, 15) is 10.2 Å². The zero-order chi connectivity index (χ0) is 20.9. The molecule has 158 valence electrons. The standard InChI is InChI=1S/C24H40O3Si/c1-16-21-20(15-26)18(14-25)13-19(17-11-9-8-10-12-17)22(21)27-28(16,23(2,3)4)24(5,6)7/h8-12,16,18-22,25-26H,13-15H2,1-7H3/t16-,18-,19+,20-,21+,22-/m0/s1. The summed E-state index contributed by atoms with van der Waals surface area (Å²) in [6, 6.07) is 10.7. The number of benzene rings is 1. The molecule has 1 heterocycles. The van der Waals surface area contributed by atoms with Crippen LogP contribution >= 0.6 is 0 Å². The molecule has 6 atom stereocenters. The van der Waals surface area contributed by atoms with Gasteiger partial charge in [0.05, 0.1) is 6.10 Å². The fourth-order valence-corrected chi connectivity index (χ4v) is 14.9.